The Labute approximate surface area is 80.6 Å². The molecule has 13 heavy (non-hydrogen) atoms. The first kappa shape index (κ1) is 10.7. The summed E-state index contributed by atoms with van der Waals surface area (Å²) in [6.45, 7) is 9.89. The zero-order chi connectivity index (χ0) is 10.0. The molecule has 5 unspecified atom stereocenters. The van der Waals surface area contributed by atoms with Crippen LogP contribution in [0.25, 0.3) is 0 Å². The standard InChI is InChI=1S/C11H20O2/c1-5-6-10(12)11-7(2)8(3)13-9(11)4/h5,7-12H,1,6H2,2-4H3. The highest BCUT2D eigenvalue weighted by molar-refractivity contribution is 4.90. The fourth-order valence-electron chi connectivity index (χ4n) is 2.28. The first-order valence-corrected chi connectivity index (χ1v) is 5.02. The molecule has 0 aromatic carbocycles. The Morgan fingerprint density at radius 2 is 2.00 bits per heavy atom. The van der Waals surface area contributed by atoms with Gasteiger partial charge in [-0.3, -0.25) is 0 Å². The van der Waals surface area contributed by atoms with Crippen LogP contribution in [-0.2, 0) is 4.74 Å². The van der Waals surface area contributed by atoms with Gasteiger partial charge in [-0.05, 0) is 26.2 Å². The largest absolute Gasteiger partial charge is 0.392 e. The molecule has 0 aliphatic carbocycles. The molecule has 0 radical (unpaired) electrons. The Balaban J connectivity index is 2.61. The van der Waals surface area contributed by atoms with Crippen molar-refractivity contribution in [3.05, 3.63) is 12.7 Å². The average Bonchev–Trinajstić information content (AvgIpc) is 2.27. The maximum atomic E-state index is 9.86. The van der Waals surface area contributed by atoms with Crippen LogP contribution in [0.2, 0.25) is 0 Å². The lowest BCUT2D eigenvalue weighted by atomic mass is 9.84. The van der Waals surface area contributed by atoms with Crippen LogP contribution in [0.4, 0.5) is 0 Å². The van der Waals surface area contributed by atoms with Gasteiger partial charge in [-0.1, -0.05) is 13.0 Å². The smallest absolute Gasteiger partial charge is 0.0630 e. The molecule has 0 spiro atoms. The summed E-state index contributed by atoms with van der Waals surface area (Å²) in [7, 11) is 0. The van der Waals surface area contributed by atoms with Gasteiger partial charge in [0, 0.05) is 5.92 Å². The Hall–Kier alpha value is -0.340. The Bertz CT molecular complexity index is 179. The zero-order valence-corrected chi connectivity index (χ0v) is 8.73. The predicted octanol–water partition coefficient (Wildman–Crippen LogP) is 1.98. The highest BCUT2D eigenvalue weighted by Crippen LogP contribution is 2.35. The van der Waals surface area contributed by atoms with E-state index in [1.54, 1.807) is 6.08 Å². The zero-order valence-electron chi connectivity index (χ0n) is 8.73. The van der Waals surface area contributed by atoms with E-state index in [0.717, 1.165) is 0 Å². The van der Waals surface area contributed by atoms with Crippen LogP contribution in [0.15, 0.2) is 12.7 Å². The summed E-state index contributed by atoms with van der Waals surface area (Å²) in [5.74, 6) is 0.693. The van der Waals surface area contributed by atoms with E-state index in [1.165, 1.54) is 0 Å². The molecule has 1 aliphatic rings. The van der Waals surface area contributed by atoms with E-state index < -0.39 is 0 Å². The Morgan fingerprint density at radius 1 is 1.38 bits per heavy atom. The van der Waals surface area contributed by atoms with E-state index in [1.807, 2.05) is 6.92 Å². The molecule has 2 nitrogen and oxygen atoms in total. The third kappa shape index (κ3) is 2.12. The van der Waals surface area contributed by atoms with Gasteiger partial charge in [0.2, 0.25) is 0 Å². The Kier molecular flexibility index (Phi) is 3.51. The number of hydrogen-bond acceptors (Lipinski definition) is 2. The van der Waals surface area contributed by atoms with E-state index in [-0.39, 0.29) is 24.2 Å². The molecule has 0 bridgehead atoms. The van der Waals surface area contributed by atoms with Gasteiger partial charge in [-0.2, -0.15) is 0 Å². The molecular weight excluding hydrogens is 164 g/mol. The molecule has 1 heterocycles. The van der Waals surface area contributed by atoms with E-state index >= 15 is 0 Å². The highest BCUT2D eigenvalue weighted by Gasteiger charge is 2.40. The third-order valence-corrected chi connectivity index (χ3v) is 3.17. The maximum Gasteiger partial charge on any atom is 0.0630 e. The third-order valence-electron chi connectivity index (χ3n) is 3.17. The molecule has 1 saturated heterocycles. The molecule has 1 fully saturated rings. The van der Waals surface area contributed by atoms with Crippen molar-refractivity contribution in [3.63, 3.8) is 0 Å². The quantitative estimate of drug-likeness (QED) is 0.680. The van der Waals surface area contributed by atoms with Gasteiger partial charge in [0.15, 0.2) is 0 Å². The number of ether oxygens (including phenoxy) is 1. The molecular formula is C11H20O2. The molecule has 0 aromatic rings. The fourth-order valence-corrected chi connectivity index (χ4v) is 2.28. The summed E-state index contributed by atoms with van der Waals surface area (Å²) in [5, 5.41) is 9.86. The molecule has 76 valence electrons. The number of aliphatic hydroxyl groups excluding tert-OH is 1. The summed E-state index contributed by atoms with van der Waals surface area (Å²) in [5.41, 5.74) is 0. The van der Waals surface area contributed by atoms with Crippen molar-refractivity contribution < 1.29 is 9.84 Å². The lowest BCUT2D eigenvalue weighted by Crippen LogP contribution is -2.30. The molecule has 1 aliphatic heterocycles. The first-order chi connectivity index (χ1) is 6.07. The van der Waals surface area contributed by atoms with E-state index in [4.69, 9.17) is 4.74 Å². The van der Waals surface area contributed by atoms with E-state index in [2.05, 4.69) is 20.4 Å². The van der Waals surface area contributed by atoms with Crippen molar-refractivity contribution >= 4 is 0 Å². The molecule has 0 saturated carbocycles. The van der Waals surface area contributed by atoms with Gasteiger partial charge in [0.05, 0.1) is 18.3 Å². The Morgan fingerprint density at radius 3 is 2.38 bits per heavy atom. The van der Waals surface area contributed by atoms with Crippen LogP contribution in [0.1, 0.15) is 27.2 Å². The minimum Gasteiger partial charge on any atom is -0.392 e. The molecule has 0 aromatic heterocycles. The van der Waals surface area contributed by atoms with Crippen LogP contribution >= 0.6 is 0 Å². The van der Waals surface area contributed by atoms with Gasteiger partial charge in [-0.25, -0.2) is 0 Å². The average molecular weight is 184 g/mol. The summed E-state index contributed by atoms with van der Waals surface area (Å²) in [6.07, 6.45) is 2.56. The minimum absolute atomic E-state index is 0.167. The van der Waals surface area contributed by atoms with Gasteiger partial charge in [-0.15, -0.1) is 6.58 Å². The van der Waals surface area contributed by atoms with Crippen LogP contribution in [0.5, 0.6) is 0 Å². The van der Waals surface area contributed by atoms with Gasteiger partial charge in [0.25, 0.3) is 0 Å². The molecule has 0 amide bonds. The van der Waals surface area contributed by atoms with Crippen molar-refractivity contribution in [1.82, 2.24) is 0 Å². The second-order valence-electron chi connectivity index (χ2n) is 4.07. The van der Waals surface area contributed by atoms with Gasteiger partial charge in [0.1, 0.15) is 0 Å². The molecule has 2 heteroatoms. The lowest BCUT2D eigenvalue weighted by Gasteiger charge is -2.23. The molecule has 1 N–H and O–H groups in total. The first-order valence-electron chi connectivity index (χ1n) is 5.02. The van der Waals surface area contributed by atoms with Crippen LogP contribution in [0, 0.1) is 11.8 Å². The van der Waals surface area contributed by atoms with Crippen LogP contribution in [0.3, 0.4) is 0 Å². The van der Waals surface area contributed by atoms with Crippen LogP contribution in [-0.4, -0.2) is 23.4 Å². The lowest BCUT2D eigenvalue weighted by molar-refractivity contribution is 0.0248. The summed E-state index contributed by atoms with van der Waals surface area (Å²) in [6, 6.07) is 0. The highest BCUT2D eigenvalue weighted by atomic mass is 16.5. The number of hydrogen-bond donors (Lipinski definition) is 1. The number of rotatable bonds is 3. The van der Waals surface area contributed by atoms with E-state index in [0.29, 0.717) is 12.3 Å². The van der Waals surface area contributed by atoms with Crippen molar-refractivity contribution in [2.45, 2.75) is 45.5 Å². The monoisotopic (exact) mass is 184 g/mol. The summed E-state index contributed by atoms with van der Waals surface area (Å²) in [4.78, 5) is 0. The van der Waals surface area contributed by atoms with Crippen LogP contribution < -0.4 is 0 Å². The maximum absolute atomic E-state index is 9.86. The van der Waals surface area contributed by atoms with Gasteiger partial charge >= 0.3 is 0 Å². The van der Waals surface area contributed by atoms with E-state index in [9.17, 15) is 5.11 Å². The van der Waals surface area contributed by atoms with Crippen molar-refractivity contribution in [2.24, 2.45) is 11.8 Å². The normalized spacial score (nSPS) is 41.8. The summed E-state index contributed by atoms with van der Waals surface area (Å²) >= 11 is 0. The minimum atomic E-state index is -0.299. The topological polar surface area (TPSA) is 29.5 Å². The van der Waals surface area contributed by atoms with Crippen molar-refractivity contribution in [2.75, 3.05) is 0 Å². The molecule has 1 rings (SSSR count). The van der Waals surface area contributed by atoms with Gasteiger partial charge < -0.3 is 9.84 Å². The summed E-state index contributed by atoms with van der Waals surface area (Å²) < 4.78 is 5.66. The SMILES string of the molecule is C=CCC(O)C1C(C)OC(C)C1C. The second kappa shape index (κ2) is 4.25. The second-order valence-corrected chi connectivity index (χ2v) is 4.07. The van der Waals surface area contributed by atoms with Crippen molar-refractivity contribution in [1.29, 1.82) is 0 Å². The molecule has 5 atom stereocenters. The van der Waals surface area contributed by atoms with Crippen molar-refractivity contribution in [3.8, 4) is 0 Å². The number of aliphatic hydroxyl groups is 1. The predicted molar refractivity (Wildman–Crippen MR) is 53.5 cm³/mol. The fraction of sp³-hybridized carbons (Fsp3) is 0.818.